The molecule has 2 aromatic carbocycles. The maximum Gasteiger partial charge on any atom is 0.301 e. The Hall–Kier alpha value is -3.79. The molecule has 1 aromatic heterocycles. The number of nitro groups is 2. The third kappa shape index (κ3) is 3.16. The van der Waals surface area contributed by atoms with Crippen LogP contribution in [0.1, 0.15) is 27.3 Å². The number of ketones is 1. The fourth-order valence-corrected chi connectivity index (χ4v) is 4.35. The fraction of sp³-hybridized carbons (Fsp3) is 0.100. The average molecular weight is 422 g/mol. The number of fused-ring (bicyclic) bond motifs is 1. The topological polar surface area (TPSA) is 121 Å². The maximum atomic E-state index is 12.7. The van der Waals surface area contributed by atoms with Gasteiger partial charge in [0.05, 0.1) is 26.5 Å². The van der Waals surface area contributed by atoms with Crippen molar-refractivity contribution >= 4 is 35.0 Å². The summed E-state index contributed by atoms with van der Waals surface area (Å²) in [6, 6.07) is 10.7. The van der Waals surface area contributed by atoms with Gasteiger partial charge in [-0.1, -0.05) is 23.9 Å². The number of benzene rings is 2. The van der Waals surface area contributed by atoms with Crippen molar-refractivity contribution in [2.45, 2.75) is 18.7 Å². The Morgan fingerprint density at radius 2 is 1.80 bits per heavy atom. The number of hydrogen-bond donors (Lipinski definition) is 0. The molecule has 0 fully saturated rings. The zero-order valence-corrected chi connectivity index (χ0v) is 16.7. The Labute approximate surface area is 174 Å². The van der Waals surface area contributed by atoms with Crippen molar-refractivity contribution in [2.24, 2.45) is 0 Å². The zero-order valence-electron chi connectivity index (χ0n) is 15.9. The lowest BCUT2D eigenvalue weighted by molar-refractivity contribution is -0.394. The number of rotatable bonds is 4. The summed E-state index contributed by atoms with van der Waals surface area (Å²) in [5, 5.41) is 26.9. The van der Waals surface area contributed by atoms with E-state index in [2.05, 4.69) is 5.10 Å². The van der Waals surface area contributed by atoms with Crippen LogP contribution in [-0.2, 0) is 0 Å². The minimum absolute atomic E-state index is 0.0801. The van der Waals surface area contributed by atoms with E-state index < -0.39 is 15.5 Å². The summed E-state index contributed by atoms with van der Waals surface area (Å²) in [7, 11) is 0. The van der Waals surface area contributed by atoms with Gasteiger partial charge in [0.2, 0.25) is 5.78 Å². The first-order valence-electron chi connectivity index (χ1n) is 8.80. The molecule has 0 spiro atoms. The number of allylic oxidation sites excluding steroid dienone is 1. The van der Waals surface area contributed by atoms with Gasteiger partial charge in [-0.25, -0.2) is 4.68 Å². The second-order valence-corrected chi connectivity index (χ2v) is 7.70. The number of Topliss-reactive ketones (excluding diaryl/α,β-unsaturated/α-hetero) is 1. The first kappa shape index (κ1) is 19.5. The van der Waals surface area contributed by atoms with Crippen LogP contribution >= 0.6 is 11.8 Å². The number of nitro benzene ring substituents is 2. The predicted octanol–water partition coefficient (Wildman–Crippen LogP) is 4.64. The van der Waals surface area contributed by atoms with Crippen LogP contribution in [0.2, 0.25) is 0 Å². The lowest BCUT2D eigenvalue weighted by atomic mass is 10.1. The highest BCUT2D eigenvalue weighted by Gasteiger charge is 2.27. The van der Waals surface area contributed by atoms with Gasteiger partial charge in [-0.2, -0.15) is 5.10 Å². The van der Waals surface area contributed by atoms with Gasteiger partial charge in [-0.05, 0) is 38.1 Å². The van der Waals surface area contributed by atoms with Crippen molar-refractivity contribution in [3.63, 3.8) is 0 Å². The zero-order chi connectivity index (χ0) is 21.6. The summed E-state index contributed by atoms with van der Waals surface area (Å²) < 4.78 is 1.38. The summed E-state index contributed by atoms with van der Waals surface area (Å²) in [5.41, 5.74) is 1.80. The van der Waals surface area contributed by atoms with E-state index in [9.17, 15) is 25.0 Å². The third-order valence-corrected chi connectivity index (χ3v) is 5.89. The van der Waals surface area contributed by atoms with E-state index in [0.29, 0.717) is 27.4 Å². The Kier molecular flexibility index (Phi) is 4.70. The van der Waals surface area contributed by atoms with Crippen molar-refractivity contribution in [3.8, 4) is 5.69 Å². The van der Waals surface area contributed by atoms with Crippen LogP contribution in [0, 0.1) is 34.1 Å². The molecule has 1 aliphatic rings. The van der Waals surface area contributed by atoms with Crippen molar-refractivity contribution in [2.75, 3.05) is 0 Å². The first-order valence-corrected chi connectivity index (χ1v) is 9.62. The minimum Gasteiger partial charge on any atom is -0.288 e. The standard InChI is InChI=1S/C20H14N4O5S/c1-11-15(10-19-20(25)14-5-3-4-6-18(14)30-19)12(2)22(21-11)16-8-7-13(23(26)27)9-17(16)24(28)29/h3-10H,1-2H3/b19-10-. The van der Waals surface area contributed by atoms with Gasteiger partial charge in [0.1, 0.15) is 5.69 Å². The predicted molar refractivity (Wildman–Crippen MR) is 111 cm³/mol. The molecule has 0 N–H and O–H groups in total. The van der Waals surface area contributed by atoms with E-state index in [4.69, 9.17) is 0 Å². The van der Waals surface area contributed by atoms with Gasteiger partial charge in [0, 0.05) is 27.8 Å². The van der Waals surface area contributed by atoms with Crippen molar-refractivity contribution in [1.29, 1.82) is 0 Å². The minimum atomic E-state index is -0.686. The van der Waals surface area contributed by atoms with Crippen LogP contribution < -0.4 is 0 Å². The molecule has 0 saturated heterocycles. The number of carbonyl (C=O) groups excluding carboxylic acids is 1. The summed E-state index contributed by atoms with van der Waals surface area (Å²) in [5.74, 6) is -0.0801. The monoisotopic (exact) mass is 422 g/mol. The van der Waals surface area contributed by atoms with Crippen LogP contribution in [0.3, 0.4) is 0 Å². The highest BCUT2D eigenvalue weighted by Crippen LogP contribution is 2.41. The molecule has 0 atom stereocenters. The van der Waals surface area contributed by atoms with E-state index >= 15 is 0 Å². The fourth-order valence-electron chi connectivity index (χ4n) is 3.32. The van der Waals surface area contributed by atoms with E-state index in [1.54, 1.807) is 26.0 Å². The Balaban J connectivity index is 1.81. The first-order chi connectivity index (χ1) is 14.3. The van der Waals surface area contributed by atoms with E-state index in [-0.39, 0.29) is 17.2 Å². The molecule has 150 valence electrons. The molecule has 4 rings (SSSR count). The molecular weight excluding hydrogens is 408 g/mol. The van der Waals surface area contributed by atoms with Gasteiger partial charge >= 0.3 is 5.69 Å². The second-order valence-electron chi connectivity index (χ2n) is 6.62. The second kappa shape index (κ2) is 7.23. The van der Waals surface area contributed by atoms with E-state index in [1.807, 2.05) is 18.2 Å². The molecule has 10 heteroatoms. The summed E-state index contributed by atoms with van der Waals surface area (Å²) >= 11 is 1.37. The van der Waals surface area contributed by atoms with Crippen LogP contribution in [0.5, 0.6) is 0 Å². The molecule has 0 bridgehead atoms. The highest BCUT2D eigenvalue weighted by atomic mass is 32.2. The van der Waals surface area contributed by atoms with Crippen LogP contribution in [0.4, 0.5) is 11.4 Å². The van der Waals surface area contributed by atoms with Crippen molar-refractivity contribution < 1.29 is 14.6 Å². The highest BCUT2D eigenvalue weighted by molar-refractivity contribution is 8.04. The molecule has 0 amide bonds. The van der Waals surface area contributed by atoms with Gasteiger partial charge in [0.25, 0.3) is 5.69 Å². The Morgan fingerprint density at radius 1 is 1.07 bits per heavy atom. The molecule has 9 nitrogen and oxygen atoms in total. The Morgan fingerprint density at radius 3 is 2.47 bits per heavy atom. The molecule has 3 aromatic rings. The summed E-state index contributed by atoms with van der Waals surface area (Å²) in [6.07, 6.45) is 1.73. The van der Waals surface area contributed by atoms with Crippen LogP contribution in [0.25, 0.3) is 11.8 Å². The number of aromatic nitrogens is 2. The number of carbonyl (C=O) groups is 1. The lowest BCUT2D eigenvalue weighted by Gasteiger charge is -2.06. The number of aryl methyl sites for hydroxylation is 1. The number of non-ortho nitro benzene ring substituents is 1. The summed E-state index contributed by atoms with van der Waals surface area (Å²) in [6.45, 7) is 3.47. The Bertz CT molecular complexity index is 1280. The van der Waals surface area contributed by atoms with Crippen LogP contribution in [0.15, 0.2) is 52.3 Å². The van der Waals surface area contributed by atoms with E-state index in [1.165, 1.54) is 28.6 Å². The average Bonchev–Trinajstić information content (AvgIpc) is 3.19. The third-order valence-electron chi connectivity index (χ3n) is 4.79. The van der Waals surface area contributed by atoms with Crippen LogP contribution in [-0.4, -0.2) is 25.4 Å². The quantitative estimate of drug-likeness (QED) is 0.341. The number of thioether (sulfide) groups is 1. The number of nitrogens with zero attached hydrogens (tertiary/aromatic N) is 4. The molecule has 0 unspecified atom stereocenters. The molecule has 0 saturated carbocycles. The van der Waals surface area contributed by atoms with Crippen molar-refractivity contribution in [1.82, 2.24) is 9.78 Å². The summed E-state index contributed by atoms with van der Waals surface area (Å²) in [4.78, 5) is 35.2. The smallest absolute Gasteiger partial charge is 0.288 e. The van der Waals surface area contributed by atoms with Crippen molar-refractivity contribution in [3.05, 3.63) is 90.1 Å². The largest absolute Gasteiger partial charge is 0.301 e. The van der Waals surface area contributed by atoms with E-state index in [0.717, 1.165) is 11.0 Å². The SMILES string of the molecule is Cc1nn(-c2ccc([N+](=O)[O-])cc2[N+](=O)[O-])c(C)c1/C=C1\Sc2ccccc2C1=O. The van der Waals surface area contributed by atoms with Gasteiger partial charge in [-0.3, -0.25) is 25.0 Å². The molecule has 30 heavy (non-hydrogen) atoms. The molecule has 0 aliphatic carbocycles. The normalized spacial score (nSPS) is 14.2. The molecular formula is C20H14N4O5S. The maximum absolute atomic E-state index is 12.7. The molecule has 2 heterocycles. The van der Waals surface area contributed by atoms with Gasteiger partial charge in [0.15, 0.2) is 0 Å². The lowest BCUT2D eigenvalue weighted by Crippen LogP contribution is -2.04. The van der Waals surface area contributed by atoms with Gasteiger partial charge < -0.3 is 0 Å². The van der Waals surface area contributed by atoms with Gasteiger partial charge in [-0.15, -0.1) is 0 Å². The molecule has 0 radical (unpaired) electrons. The number of hydrogen-bond acceptors (Lipinski definition) is 7. The molecule has 1 aliphatic heterocycles.